The van der Waals surface area contributed by atoms with Crippen molar-refractivity contribution in [2.45, 2.75) is 33.3 Å². The minimum Gasteiger partial charge on any atom is -0.369 e. The van der Waals surface area contributed by atoms with Crippen LogP contribution in [0.25, 0.3) is 0 Å². The van der Waals surface area contributed by atoms with Crippen LogP contribution in [0.2, 0.25) is 0 Å². The number of hydrogen-bond donors (Lipinski definition) is 1. The molecule has 0 aliphatic heterocycles. The van der Waals surface area contributed by atoms with Crippen molar-refractivity contribution < 1.29 is 14.5 Å². The van der Waals surface area contributed by atoms with Gasteiger partial charge in [0.15, 0.2) is 0 Å². The molecule has 6 nitrogen and oxygen atoms in total. The molecule has 1 aromatic rings. The second kappa shape index (κ2) is 6.84. The number of benzene rings is 1. The summed E-state index contributed by atoms with van der Waals surface area (Å²) in [6.45, 7) is 5.43. The summed E-state index contributed by atoms with van der Waals surface area (Å²) in [6, 6.07) is 4.67. The largest absolute Gasteiger partial charge is 0.369 e. The predicted molar refractivity (Wildman–Crippen MR) is 72.2 cm³/mol. The SMILES string of the molecule is CCc1ccc(NC(=O)COC(C)C)cc1[N+](=O)[O-]. The molecule has 0 aliphatic carbocycles. The van der Waals surface area contributed by atoms with Crippen LogP contribution in [0.15, 0.2) is 18.2 Å². The number of nitro groups is 1. The third kappa shape index (κ3) is 4.67. The Hall–Kier alpha value is -1.95. The van der Waals surface area contributed by atoms with E-state index in [4.69, 9.17) is 4.74 Å². The van der Waals surface area contributed by atoms with E-state index >= 15 is 0 Å². The molecule has 1 aromatic carbocycles. The second-order valence-electron chi connectivity index (χ2n) is 4.36. The number of ether oxygens (including phenoxy) is 1. The normalized spacial score (nSPS) is 10.5. The molecule has 19 heavy (non-hydrogen) atoms. The number of aryl methyl sites for hydroxylation is 1. The van der Waals surface area contributed by atoms with E-state index in [9.17, 15) is 14.9 Å². The van der Waals surface area contributed by atoms with Crippen LogP contribution in [-0.2, 0) is 16.0 Å². The van der Waals surface area contributed by atoms with Gasteiger partial charge in [-0.1, -0.05) is 13.0 Å². The minimum atomic E-state index is -0.445. The number of carbonyl (C=O) groups excluding carboxylic acids is 1. The zero-order valence-electron chi connectivity index (χ0n) is 11.3. The molecular formula is C13H18N2O4. The Kier molecular flexibility index (Phi) is 5.44. The molecular weight excluding hydrogens is 248 g/mol. The topological polar surface area (TPSA) is 81.5 Å². The van der Waals surface area contributed by atoms with E-state index in [2.05, 4.69) is 5.32 Å². The van der Waals surface area contributed by atoms with Gasteiger partial charge in [0, 0.05) is 17.3 Å². The summed E-state index contributed by atoms with van der Waals surface area (Å²) >= 11 is 0. The molecule has 0 aromatic heterocycles. The molecule has 0 bridgehead atoms. The van der Waals surface area contributed by atoms with Crippen molar-refractivity contribution in [1.29, 1.82) is 0 Å². The number of hydrogen-bond acceptors (Lipinski definition) is 4. The lowest BCUT2D eigenvalue weighted by atomic mass is 10.1. The standard InChI is InChI=1S/C13H18N2O4/c1-4-10-5-6-11(7-12(10)15(17)18)14-13(16)8-19-9(2)3/h5-7,9H,4,8H2,1-3H3,(H,14,16). The number of rotatable bonds is 6. The van der Waals surface area contributed by atoms with Crippen molar-refractivity contribution in [1.82, 2.24) is 0 Å². The summed E-state index contributed by atoms with van der Waals surface area (Å²) in [5, 5.41) is 13.5. The molecule has 0 saturated heterocycles. The molecule has 0 atom stereocenters. The first-order valence-corrected chi connectivity index (χ1v) is 6.12. The minimum absolute atomic E-state index is 0.0186. The Morgan fingerprint density at radius 3 is 2.68 bits per heavy atom. The molecule has 1 rings (SSSR count). The molecule has 0 radical (unpaired) electrons. The molecule has 1 amide bonds. The lowest BCUT2D eigenvalue weighted by Gasteiger charge is -2.09. The van der Waals surface area contributed by atoms with Gasteiger partial charge in [0.25, 0.3) is 5.69 Å². The molecule has 104 valence electrons. The Morgan fingerprint density at radius 2 is 2.16 bits per heavy atom. The number of carbonyl (C=O) groups is 1. The Labute approximate surface area is 111 Å². The molecule has 1 N–H and O–H groups in total. The second-order valence-corrected chi connectivity index (χ2v) is 4.36. The van der Waals surface area contributed by atoms with Gasteiger partial charge in [-0.2, -0.15) is 0 Å². The number of nitrogens with zero attached hydrogens (tertiary/aromatic N) is 1. The van der Waals surface area contributed by atoms with Gasteiger partial charge in [0.1, 0.15) is 6.61 Å². The number of nitro benzene ring substituents is 1. The highest BCUT2D eigenvalue weighted by atomic mass is 16.6. The number of amides is 1. The maximum atomic E-state index is 11.5. The molecule has 0 heterocycles. The summed E-state index contributed by atoms with van der Waals surface area (Å²) in [4.78, 5) is 22.0. The van der Waals surface area contributed by atoms with Gasteiger partial charge in [-0.25, -0.2) is 0 Å². The van der Waals surface area contributed by atoms with Crippen LogP contribution in [-0.4, -0.2) is 23.5 Å². The third-order valence-electron chi connectivity index (χ3n) is 2.49. The van der Waals surface area contributed by atoms with Gasteiger partial charge < -0.3 is 10.1 Å². The van der Waals surface area contributed by atoms with Crippen LogP contribution < -0.4 is 5.32 Å². The number of anilines is 1. The third-order valence-corrected chi connectivity index (χ3v) is 2.49. The summed E-state index contributed by atoms with van der Waals surface area (Å²) in [6.07, 6.45) is 0.531. The zero-order valence-corrected chi connectivity index (χ0v) is 11.3. The summed E-state index contributed by atoms with van der Waals surface area (Å²) in [5.41, 5.74) is 1.06. The lowest BCUT2D eigenvalue weighted by Crippen LogP contribution is -2.20. The van der Waals surface area contributed by atoms with Gasteiger partial charge in [0.2, 0.25) is 5.91 Å². The van der Waals surface area contributed by atoms with Crippen LogP contribution in [0.5, 0.6) is 0 Å². The Balaban J connectivity index is 2.77. The molecule has 0 saturated carbocycles. The van der Waals surface area contributed by atoms with Crippen LogP contribution >= 0.6 is 0 Å². The van der Waals surface area contributed by atoms with Crippen LogP contribution in [0.4, 0.5) is 11.4 Å². The van der Waals surface area contributed by atoms with E-state index in [0.29, 0.717) is 17.7 Å². The van der Waals surface area contributed by atoms with E-state index in [1.807, 2.05) is 20.8 Å². The summed E-state index contributed by atoms with van der Waals surface area (Å²) < 4.78 is 5.15. The van der Waals surface area contributed by atoms with Crippen molar-refractivity contribution in [3.05, 3.63) is 33.9 Å². The van der Waals surface area contributed by atoms with Crippen molar-refractivity contribution >= 4 is 17.3 Å². The summed E-state index contributed by atoms with van der Waals surface area (Å²) in [5.74, 6) is -0.327. The highest BCUT2D eigenvalue weighted by Gasteiger charge is 2.14. The molecule has 0 unspecified atom stereocenters. The van der Waals surface area contributed by atoms with Crippen LogP contribution in [0.3, 0.4) is 0 Å². The van der Waals surface area contributed by atoms with Gasteiger partial charge in [0.05, 0.1) is 11.0 Å². The van der Waals surface area contributed by atoms with Crippen molar-refractivity contribution in [3.63, 3.8) is 0 Å². The highest BCUT2D eigenvalue weighted by molar-refractivity contribution is 5.92. The smallest absolute Gasteiger partial charge is 0.274 e. The number of nitrogens with one attached hydrogen (secondary N) is 1. The van der Waals surface area contributed by atoms with E-state index in [-0.39, 0.29) is 24.3 Å². The maximum absolute atomic E-state index is 11.5. The van der Waals surface area contributed by atoms with Gasteiger partial charge in [-0.05, 0) is 26.3 Å². The first kappa shape index (κ1) is 15.1. The van der Waals surface area contributed by atoms with E-state index in [1.54, 1.807) is 12.1 Å². The molecule has 6 heteroatoms. The average Bonchev–Trinajstić information content (AvgIpc) is 2.36. The maximum Gasteiger partial charge on any atom is 0.274 e. The lowest BCUT2D eigenvalue weighted by molar-refractivity contribution is -0.385. The van der Waals surface area contributed by atoms with Crippen molar-refractivity contribution in [3.8, 4) is 0 Å². The highest BCUT2D eigenvalue weighted by Crippen LogP contribution is 2.23. The van der Waals surface area contributed by atoms with Crippen molar-refractivity contribution in [2.75, 3.05) is 11.9 Å². The van der Waals surface area contributed by atoms with Gasteiger partial charge in [-0.3, -0.25) is 14.9 Å². The molecule has 0 aliphatic rings. The quantitative estimate of drug-likeness (QED) is 0.633. The van der Waals surface area contributed by atoms with E-state index < -0.39 is 4.92 Å². The first-order valence-electron chi connectivity index (χ1n) is 6.12. The van der Waals surface area contributed by atoms with Gasteiger partial charge in [-0.15, -0.1) is 0 Å². The summed E-state index contributed by atoms with van der Waals surface area (Å²) in [7, 11) is 0. The van der Waals surface area contributed by atoms with E-state index in [1.165, 1.54) is 6.07 Å². The molecule has 0 fully saturated rings. The predicted octanol–water partition coefficient (Wildman–Crippen LogP) is 2.52. The van der Waals surface area contributed by atoms with Crippen molar-refractivity contribution in [2.24, 2.45) is 0 Å². The monoisotopic (exact) mass is 266 g/mol. The van der Waals surface area contributed by atoms with Gasteiger partial charge >= 0.3 is 0 Å². The Bertz CT molecular complexity index is 472. The molecule has 0 spiro atoms. The van der Waals surface area contributed by atoms with Crippen LogP contribution in [0, 0.1) is 10.1 Å². The van der Waals surface area contributed by atoms with Crippen LogP contribution in [0.1, 0.15) is 26.3 Å². The first-order chi connectivity index (χ1) is 8.93. The Morgan fingerprint density at radius 1 is 1.47 bits per heavy atom. The average molecular weight is 266 g/mol. The fourth-order valence-electron chi connectivity index (χ4n) is 1.55. The fourth-order valence-corrected chi connectivity index (χ4v) is 1.55. The van der Waals surface area contributed by atoms with E-state index in [0.717, 1.165) is 0 Å². The zero-order chi connectivity index (χ0) is 14.4. The fraction of sp³-hybridized carbons (Fsp3) is 0.462.